The predicted octanol–water partition coefficient (Wildman–Crippen LogP) is 1.86. The summed E-state index contributed by atoms with van der Waals surface area (Å²) in [6, 6.07) is 4.48. The van der Waals surface area contributed by atoms with Crippen molar-refractivity contribution in [2.24, 2.45) is 11.8 Å². The molecule has 0 unspecified atom stereocenters. The van der Waals surface area contributed by atoms with Crippen molar-refractivity contribution in [3.63, 3.8) is 0 Å². The number of rotatable bonds is 3. The maximum absolute atomic E-state index is 12.9. The Morgan fingerprint density at radius 2 is 1.81 bits per heavy atom. The Bertz CT molecular complexity index is 772. The predicted molar refractivity (Wildman–Crippen MR) is 102 cm³/mol. The van der Waals surface area contributed by atoms with Crippen molar-refractivity contribution in [3.05, 3.63) is 28.8 Å². The molecule has 2 N–H and O–H groups in total. The van der Waals surface area contributed by atoms with Crippen LogP contribution in [0.5, 0.6) is 0 Å². The molecule has 3 aliphatic rings. The number of nitrogens with one attached hydrogen (secondary N) is 2. The lowest BCUT2D eigenvalue weighted by atomic mass is 9.81. The first-order valence-corrected chi connectivity index (χ1v) is 9.81. The third-order valence-electron chi connectivity index (χ3n) is 5.84. The summed E-state index contributed by atoms with van der Waals surface area (Å²) in [6.45, 7) is 3.97. The van der Waals surface area contributed by atoms with Gasteiger partial charge in [0.2, 0.25) is 5.91 Å². The summed E-state index contributed by atoms with van der Waals surface area (Å²) in [5.74, 6) is 1.12. The molecule has 8 heteroatoms. The fraction of sp³-hybridized carbons (Fsp3) is 0.526. The van der Waals surface area contributed by atoms with Gasteiger partial charge in [-0.3, -0.25) is 19.8 Å². The van der Waals surface area contributed by atoms with Crippen LogP contribution in [-0.4, -0.2) is 55.5 Å². The molecule has 0 bridgehead atoms. The van der Waals surface area contributed by atoms with Gasteiger partial charge in [-0.1, -0.05) is 11.6 Å². The van der Waals surface area contributed by atoms with E-state index in [4.69, 9.17) is 11.6 Å². The molecule has 4 amide bonds. The van der Waals surface area contributed by atoms with Gasteiger partial charge in [0.05, 0.1) is 10.7 Å². The molecule has 144 valence electrons. The molecule has 3 fully saturated rings. The minimum absolute atomic E-state index is 0.0356. The minimum atomic E-state index is -0.507. The summed E-state index contributed by atoms with van der Waals surface area (Å²) < 4.78 is 0. The van der Waals surface area contributed by atoms with Crippen LogP contribution in [0.25, 0.3) is 0 Å². The quantitative estimate of drug-likeness (QED) is 0.825. The van der Waals surface area contributed by atoms with Gasteiger partial charge >= 0.3 is 6.03 Å². The third kappa shape index (κ3) is 3.66. The van der Waals surface area contributed by atoms with E-state index >= 15 is 0 Å². The average Bonchev–Trinajstić information content (AvgIpc) is 2.61. The van der Waals surface area contributed by atoms with E-state index < -0.39 is 6.03 Å². The lowest BCUT2D eigenvalue weighted by Crippen LogP contribution is -2.50. The molecule has 1 aromatic rings. The van der Waals surface area contributed by atoms with Crippen molar-refractivity contribution < 1.29 is 14.4 Å². The molecule has 7 nitrogen and oxygen atoms in total. The molecule has 0 aliphatic carbocycles. The van der Waals surface area contributed by atoms with Gasteiger partial charge in [0.25, 0.3) is 5.91 Å². The number of likely N-dealkylation sites (tertiary alicyclic amines) is 1. The van der Waals surface area contributed by atoms with Crippen molar-refractivity contribution in [3.8, 4) is 0 Å². The largest absolute Gasteiger partial charge is 0.339 e. The van der Waals surface area contributed by atoms with Crippen LogP contribution in [0.4, 0.5) is 10.5 Å². The van der Waals surface area contributed by atoms with E-state index in [0.29, 0.717) is 22.2 Å². The molecule has 3 aliphatic heterocycles. The summed E-state index contributed by atoms with van der Waals surface area (Å²) in [5, 5.41) is 5.98. The van der Waals surface area contributed by atoms with Crippen molar-refractivity contribution in [2.45, 2.75) is 19.3 Å². The van der Waals surface area contributed by atoms with Crippen LogP contribution in [-0.2, 0) is 4.79 Å². The summed E-state index contributed by atoms with van der Waals surface area (Å²) in [7, 11) is 0. The highest BCUT2D eigenvalue weighted by molar-refractivity contribution is 6.34. The number of anilines is 1. The highest BCUT2D eigenvalue weighted by Gasteiger charge is 2.32. The van der Waals surface area contributed by atoms with E-state index in [1.165, 1.54) is 4.90 Å². The average molecular weight is 391 g/mol. The van der Waals surface area contributed by atoms with Gasteiger partial charge in [0, 0.05) is 31.6 Å². The number of amides is 4. The first-order valence-electron chi connectivity index (χ1n) is 9.44. The zero-order valence-electron chi connectivity index (χ0n) is 15.0. The number of piperidine rings is 1. The van der Waals surface area contributed by atoms with E-state index in [1.807, 2.05) is 4.90 Å². The molecule has 0 atom stereocenters. The number of imide groups is 1. The smallest absolute Gasteiger partial charge is 0.328 e. The zero-order valence-corrected chi connectivity index (χ0v) is 15.8. The number of hydrogen-bond donors (Lipinski definition) is 2. The van der Waals surface area contributed by atoms with Gasteiger partial charge in [0.15, 0.2) is 0 Å². The first kappa shape index (κ1) is 18.3. The normalized spacial score (nSPS) is 21.8. The van der Waals surface area contributed by atoms with Gasteiger partial charge in [0.1, 0.15) is 0 Å². The monoisotopic (exact) mass is 390 g/mol. The fourth-order valence-corrected chi connectivity index (χ4v) is 4.27. The SMILES string of the molecule is O=C1CCN(c2cc(C(=O)N3CCC(C4CNC4)CC3)ccc2Cl)C(=O)N1. The van der Waals surface area contributed by atoms with Gasteiger partial charge in [-0.25, -0.2) is 4.79 Å². The molecule has 3 saturated heterocycles. The Morgan fingerprint density at radius 1 is 1.07 bits per heavy atom. The molecular weight excluding hydrogens is 368 g/mol. The summed E-state index contributed by atoms with van der Waals surface area (Å²) in [4.78, 5) is 39.7. The van der Waals surface area contributed by atoms with Crippen molar-refractivity contribution in [2.75, 3.05) is 37.6 Å². The third-order valence-corrected chi connectivity index (χ3v) is 6.16. The maximum atomic E-state index is 12.9. The van der Waals surface area contributed by atoms with E-state index in [2.05, 4.69) is 10.6 Å². The molecule has 0 spiro atoms. The standard InChI is InChI=1S/C19H23ClN4O3/c20-15-2-1-13(9-16(15)24-8-5-17(25)22-19(24)27)18(26)23-6-3-12(4-7-23)14-10-21-11-14/h1-2,9,12,14,21H,3-8,10-11H2,(H,22,25,27). The number of urea groups is 1. The van der Waals surface area contributed by atoms with Crippen molar-refractivity contribution >= 4 is 35.1 Å². The number of benzene rings is 1. The Balaban J connectivity index is 1.46. The lowest BCUT2D eigenvalue weighted by molar-refractivity contribution is -0.120. The first-order chi connectivity index (χ1) is 13.0. The number of hydrogen-bond acceptors (Lipinski definition) is 4. The highest BCUT2D eigenvalue weighted by atomic mass is 35.5. The Labute approximate surface area is 163 Å². The lowest BCUT2D eigenvalue weighted by Gasteiger charge is -2.40. The van der Waals surface area contributed by atoms with Crippen LogP contribution in [0.15, 0.2) is 18.2 Å². The van der Waals surface area contributed by atoms with Crippen LogP contribution in [0.3, 0.4) is 0 Å². The van der Waals surface area contributed by atoms with Gasteiger partial charge in [-0.2, -0.15) is 0 Å². The fourth-order valence-electron chi connectivity index (χ4n) is 4.05. The Kier molecular flexibility index (Phi) is 5.06. The summed E-state index contributed by atoms with van der Waals surface area (Å²) >= 11 is 6.26. The molecule has 0 aromatic heterocycles. The van der Waals surface area contributed by atoms with E-state index in [-0.39, 0.29) is 24.8 Å². The number of halogens is 1. The second-order valence-corrected chi connectivity index (χ2v) is 7.88. The summed E-state index contributed by atoms with van der Waals surface area (Å²) in [5.41, 5.74) is 0.978. The number of carbonyl (C=O) groups excluding carboxylic acids is 3. The van der Waals surface area contributed by atoms with Crippen LogP contribution < -0.4 is 15.5 Å². The number of carbonyl (C=O) groups is 3. The zero-order chi connectivity index (χ0) is 19.0. The molecule has 4 rings (SSSR count). The maximum Gasteiger partial charge on any atom is 0.328 e. The van der Waals surface area contributed by atoms with E-state index in [1.54, 1.807) is 18.2 Å². The molecule has 3 heterocycles. The number of nitrogens with zero attached hydrogens (tertiary/aromatic N) is 2. The second-order valence-electron chi connectivity index (χ2n) is 7.47. The van der Waals surface area contributed by atoms with Crippen LogP contribution >= 0.6 is 11.6 Å². The van der Waals surface area contributed by atoms with E-state index in [9.17, 15) is 14.4 Å². The highest BCUT2D eigenvalue weighted by Crippen LogP contribution is 2.31. The molecule has 27 heavy (non-hydrogen) atoms. The Morgan fingerprint density at radius 3 is 2.44 bits per heavy atom. The van der Waals surface area contributed by atoms with Crippen LogP contribution in [0.2, 0.25) is 5.02 Å². The molecule has 0 saturated carbocycles. The van der Waals surface area contributed by atoms with Gasteiger partial charge in [-0.05, 0) is 56.0 Å². The van der Waals surface area contributed by atoms with Crippen LogP contribution in [0, 0.1) is 11.8 Å². The van der Waals surface area contributed by atoms with Crippen molar-refractivity contribution in [1.82, 2.24) is 15.5 Å². The van der Waals surface area contributed by atoms with Crippen molar-refractivity contribution in [1.29, 1.82) is 0 Å². The summed E-state index contributed by atoms with van der Waals surface area (Å²) in [6.07, 6.45) is 2.29. The molecular formula is C19H23ClN4O3. The van der Waals surface area contributed by atoms with E-state index in [0.717, 1.165) is 44.9 Å². The topological polar surface area (TPSA) is 81.8 Å². The van der Waals surface area contributed by atoms with Gasteiger partial charge in [-0.15, -0.1) is 0 Å². The van der Waals surface area contributed by atoms with Crippen LogP contribution in [0.1, 0.15) is 29.6 Å². The second kappa shape index (κ2) is 7.48. The Hall–Kier alpha value is -2.12. The van der Waals surface area contributed by atoms with Gasteiger partial charge < -0.3 is 10.2 Å². The molecule has 1 aromatic carbocycles. The minimum Gasteiger partial charge on any atom is -0.339 e. The molecule has 0 radical (unpaired) electrons.